The van der Waals surface area contributed by atoms with Crippen molar-refractivity contribution in [3.63, 3.8) is 0 Å². The summed E-state index contributed by atoms with van der Waals surface area (Å²) in [5.41, 5.74) is 1.92. The number of hydrogen-bond acceptors (Lipinski definition) is 3. The van der Waals surface area contributed by atoms with Crippen molar-refractivity contribution in [1.29, 1.82) is 0 Å². The Hall–Kier alpha value is -2.07. The van der Waals surface area contributed by atoms with E-state index in [9.17, 15) is 5.11 Å². The predicted molar refractivity (Wildman–Crippen MR) is 64.4 cm³/mol. The molecule has 0 atom stereocenters. The van der Waals surface area contributed by atoms with Crippen molar-refractivity contribution < 1.29 is 5.11 Å². The number of benzene rings is 2. The fourth-order valence-electron chi connectivity index (χ4n) is 1.58. The normalized spacial score (nSPS) is 10.9. The van der Waals surface area contributed by atoms with Crippen LogP contribution in [0.1, 0.15) is 0 Å². The summed E-state index contributed by atoms with van der Waals surface area (Å²) in [5.74, 6) is 0.0823. The zero-order valence-corrected chi connectivity index (χ0v) is 9.39. The van der Waals surface area contributed by atoms with Gasteiger partial charge in [0, 0.05) is 5.02 Å². The van der Waals surface area contributed by atoms with Gasteiger partial charge in [-0.05, 0) is 36.4 Å². The van der Waals surface area contributed by atoms with Gasteiger partial charge in [-0.1, -0.05) is 17.7 Å². The molecule has 17 heavy (non-hydrogen) atoms. The first-order chi connectivity index (χ1) is 8.24. The molecule has 5 heteroatoms. The van der Waals surface area contributed by atoms with E-state index in [2.05, 4.69) is 16.3 Å². The highest BCUT2D eigenvalue weighted by molar-refractivity contribution is 6.31. The third-order valence-corrected chi connectivity index (χ3v) is 2.61. The summed E-state index contributed by atoms with van der Waals surface area (Å²) < 4.78 is 0. The van der Waals surface area contributed by atoms with E-state index in [1.807, 2.05) is 0 Å². The summed E-state index contributed by atoms with van der Waals surface area (Å²) >= 11 is 5.87. The van der Waals surface area contributed by atoms with Crippen LogP contribution in [-0.2, 0) is 0 Å². The molecule has 1 aromatic heterocycles. The van der Waals surface area contributed by atoms with Gasteiger partial charge in [-0.3, -0.25) is 0 Å². The third-order valence-electron chi connectivity index (χ3n) is 2.38. The van der Waals surface area contributed by atoms with E-state index in [1.165, 1.54) is 10.9 Å². The van der Waals surface area contributed by atoms with Crippen molar-refractivity contribution in [1.82, 2.24) is 15.0 Å². The molecule has 0 aliphatic carbocycles. The van der Waals surface area contributed by atoms with E-state index < -0.39 is 0 Å². The first-order valence-electron chi connectivity index (χ1n) is 4.96. The molecule has 0 aliphatic rings. The quantitative estimate of drug-likeness (QED) is 0.716. The van der Waals surface area contributed by atoms with E-state index >= 15 is 0 Å². The zero-order valence-electron chi connectivity index (χ0n) is 8.63. The lowest BCUT2D eigenvalue weighted by molar-refractivity contribution is 0.467. The van der Waals surface area contributed by atoms with Crippen LogP contribution in [0.25, 0.3) is 16.7 Å². The van der Waals surface area contributed by atoms with Crippen molar-refractivity contribution in [3.8, 4) is 11.4 Å². The number of hydrogen-bond donors (Lipinski definition) is 1. The molecule has 0 fully saturated rings. The standard InChI is InChI=1S/C12H7ClN3O/c13-8-5-6-9-10(7-8)15-16(14-9)11-3-1-2-4-12(11)17/h1,3-7,17H. The van der Waals surface area contributed by atoms with Crippen LogP contribution < -0.4 is 0 Å². The Balaban J connectivity index is 2.22. The van der Waals surface area contributed by atoms with Crippen molar-refractivity contribution in [3.05, 3.63) is 47.5 Å². The maximum absolute atomic E-state index is 9.69. The van der Waals surface area contributed by atoms with E-state index in [1.54, 1.807) is 30.3 Å². The van der Waals surface area contributed by atoms with Gasteiger partial charge in [0.1, 0.15) is 22.5 Å². The Morgan fingerprint density at radius 3 is 2.82 bits per heavy atom. The fraction of sp³-hybridized carbons (Fsp3) is 0. The molecule has 0 bridgehead atoms. The van der Waals surface area contributed by atoms with Gasteiger partial charge in [-0.25, -0.2) is 0 Å². The number of rotatable bonds is 1. The van der Waals surface area contributed by atoms with Crippen molar-refractivity contribution in [2.24, 2.45) is 0 Å². The minimum absolute atomic E-state index is 0.0823. The largest absolute Gasteiger partial charge is 0.506 e. The molecule has 0 saturated carbocycles. The third kappa shape index (κ3) is 1.72. The van der Waals surface area contributed by atoms with E-state index in [0.717, 1.165) is 5.52 Å². The molecule has 3 rings (SSSR count). The molecular formula is C12H7ClN3O. The van der Waals surface area contributed by atoms with E-state index in [4.69, 9.17) is 11.6 Å². The second-order valence-electron chi connectivity index (χ2n) is 3.54. The Morgan fingerprint density at radius 2 is 2.00 bits per heavy atom. The Morgan fingerprint density at radius 1 is 1.18 bits per heavy atom. The fourth-order valence-corrected chi connectivity index (χ4v) is 1.74. The minimum atomic E-state index is 0.0823. The van der Waals surface area contributed by atoms with Gasteiger partial charge in [-0.2, -0.15) is 0 Å². The smallest absolute Gasteiger partial charge is 0.143 e. The van der Waals surface area contributed by atoms with Crippen molar-refractivity contribution in [2.45, 2.75) is 0 Å². The molecule has 0 unspecified atom stereocenters. The lowest BCUT2D eigenvalue weighted by Crippen LogP contribution is -1.98. The van der Waals surface area contributed by atoms with Crippen LogP contribution in [0.2, 0.25) is 5.02 Å². The van der Waals surface area contributed by atoms with Gasteiger partial charge in [-0.15, -0.1) is 15.0 Å². The summed E-state index contributed by atoms with van der Waals surface area (Å²) in [7, 11) is 0. The predicted octanol–water partition coefficient (Wildman–Crippen LogP) is 2.58. The van der Waals surface area contributed by atoms with Crippen LogP contribution in [0, 0.1) is 6.07 Å². The molecule has 2 aromatic carbocycles. The van der Waals surface area contributed by atoms with Crippen molar-refractivity contribution in [2.75, 3.05) is 0 Å². The van der Waals surface area contributed by atoms with Gasteiger partial charge >= 0.3 is 0 Å². The minimum Gasteiger partial charge on any atom is -0.506 e. The number of phenols is 1. The average Bonchev–Trinajstić information content (AvgIpc) is 2.72. The molecule has 1 heterocycles. The number of fused-ring (bicyclic) bond motifs is 1. The number of nitrogens with zero attached hydrogens (tertiary/aromatic N) is 3. The van der Waals surface area contributed by atoms with Crippen LogP contribution in [0.4, 0.5) is 0 Å². The van der Waals surface area contributed by atoms with E-state index in [-0.39, 0.29) is 5.75 Å². The summed E-state index contributed by atoms with van der Waals surface area (Å²) in [4.78, 5) is 1.38. The molecule has 1 N–H and O–H groups in total. The number of aromatic hydroxyl groups is 1. The van der Waals surface area contributed by atoms with Crippen LogP contribution in [0.5, 0.6) is 5.75 Å². The Labute approximate surface area is 102 Å². The lowest BCUT2D eigenvalue weighted by Gasteiger charge is -2.00. The molecule has 0 saturated heterocycles. The molecule has 1 radical (unpaired) electrons. The highest BCUT2D eigenvalue weighted by Gasteiger charge is 2.07. The second-order valence-corrected chi connectivity index (χ2v) is 3.97. The van der Waals surface area contributed by atoms with Crippen LogP contribution in [0.3, 0.4) is 0 Å². The van der Waals surface area contributed by atoms with Crippen molar-refractivity contribution >= 4 is 22.6 Å². The first-order valence-corrected chi connectivity index (χ1v) is 5.34. The van der Waals surface area contributed by atoms with Gasteiger partial charge in [0.15, 0.2) is 0 Å². The van der Waals surface area contributed by atoms with E-state index in [0.29, 0.717) is 16.2 Å². The molecule has 3 aromatic rings. The highest BCUT2D eigenvalue weighted by atomic mass is 35.5. The van der Waals surface area contributed by atoms with Gasteiger partial charge in [0.25, 0.3) is 0 Å². The summed E-state index contributed by atoms with van der Waals surface area (Å²) in [6.45, 7) is 0. The van der Waals surface area contributed by atoms with Crippen LogP contribution in [-0.4, -0.2) is 20.1 Å². The zero-order chi connectivity index (χ0) is 11.8. The molecule has 0 amide bonds. The van der Waals surface area contributed by atoms with Gasteiger partial charge in [0.2, 0.25) is 0 Å². The summed E-state index contributed by atoms with van der Waals surface area (Å²) in [6.07, 6.45) is 0. The maximum atomic E-state index is 9.69. The average molecular weight is 245 g/mol. The summed E-state index contributed by atoms with van der Waals surface area (Å²) in [5, 5.41) is 18.8. The number of halogens is 1. The van der Waals surface area contributed by atoms with Crippen LogP contribution in [0.15, 0.2) is 36.4 Å². The summed E-state index contributed by atoms with van der Waals surface area (Å²) in [6, 6.07) is 12.9. The molecule has 83 valence electrons. The number of aromatic nitrogens is 3. The maximum Gasteiger partial charge on any atom is 0.143 e. The molecule has 0 spiro atoms. The first kappa shape index (κ1) is 10.1. The lowest BCUT2D eigenvalue weighted by atomic mass is 10.3. The molecular weight excluding hydrogens is 238 g/mol. The number of phenolic OH excluding ortho intramolecular Hbond substituents is 1. The topological polar surface area (TPSA) is 50.9 Å². The highest BCUT2D eigenvalue weighted by Crippen LogP contribution is 2.21. The molecule has 0 aliphatic heterocycles. The monoisotopic (exact) mass is 244 g/mol. The van der Waals surface area contributed by atoms with Gasteiger partial charge < -0.3 is 5.11 Å². The second kappa shape index (κ2) is 3.75. The molecule has 4 nitrogen and oxygen atoms in total. The Bertz CT molecular complexity index is 693. The SMILES string of the molecule is Oc1c[c]ccc1-n1nc2ccc(Cl)cc2n1. The van der Waals surface area contributed by atoms with Gasteiger partial charge in [0.05, 0.1) is 0 Å². The Kier molecular flexibility index (Phi) is 2.23. The van der Waals surface area contributed by atoms with Crippen LogP contribution >= 0.6 is 11.6 Å².